The van der Waals surface area contributed by atoms with E-state index >= 15 is 0 Å². The van der Waals surface area contributed by atoms with Crippen LogP contribution < -0.4 is 0 Å². The fourth-order valence-corrected chi connectivity index (χ4v) is 1.72. The maximum absolute atomic E-state index is 11.4. The summed E-state index contributed by atoms with van der Waals surface area (Å²) in [6.07, 6.45) is 3.83. The summed E-state index contributed by atoms with van der Waals surface area (Å²) in [6, 6.07) is -0.0297. The Labute approximate surface area is 79.4 Å². The first-order valence-corrected chi connectivity index (χ1v) is 4.81. The van der Waals surface area contributed by atoms with Gasteiger partial charge in [0.15, 0.2) is 0 Å². The fourth-order valence-electron chi connectivity index (χ4n) is 1.72. The first kappa shape index (κ1) is 10.3. The van der Waals surface area contributed by atoms with Gasteiger partial charge in [-0.3, -0.25) is 9.69 Å². The standard InChI is InChI=1S/C10H17NO2/c1-3-7-11-8-5-6-9(11)10(12)13-4-2/h3,9H,1,4-8H2,2H3. The molecule has 0 saturated carbocycles. The number of esters is 1. The molecule has 13 heavy (non-hydrogen) atoms. The minimum Gasteiger partial charge on any atom is -0.465 e. The third-order valence-corrected chi connectivity index (χ3v) is 2.29. The van der Waals surface area contributed by atoms with Gasteiger partial charge in [0.25, 0.3) is 0 Å². The number of hydrogen-bond acceptors (Lipinski definition) is 3. The lowest BCUT2D eigenvalue weighted by Crippen LogP contribution is -2.37. The molecule has 1 unspecified atom stereocenters. The van der Waals surface area contributed by atoms with Crippen LogP contribution in [-0.4, -0.2) is 36.6 Å². The van der Waals surface area contributed by atoms with E-state index in [1.807, 2.05) is 13.0 Å². The Morgan fingerprint density at radius 3 is 3.15 bits per heavy atom. The molecule has 1 rings (SSSR count). The summed E-state index contributed by atoms with van der Waals surface area (Å²) in [6.45, 7) is 7.74. The molecule has 0 aromatic carbocycles. The van der Waals surface area contributed by atoms with Gasteiger partial charge in [-0.25, -0.2) is 0 Å². The molecule has 1 heterocycles. The van der Waals surface area contributed by atoms with Crippen LogP contribution in [0.3, 0.4) is 0 Å². The highest BCUT2D eigenvalue weighted by atomic mass is 16.5. The SMILES string of the molecule is C=CCN1CCCC1C(=O)OCC. The second kappa shape index (κ2) is 5.02. The Morgan fingerprint density at radius 1 is 1.77 bits per heavy atom. The quantitative estimate of drug-likeness (QED) is 0.484. The highest BCUT2D eigenvalue weighted by Gasteiger charge is 2.30. The number of carbonyl (C=O) groups is 1. The van der Waals surface area contributed by atoms with E-state index in [1.54, 1.807) is 0 Å². The van der Waals surface area contributed by atoms with Crippen molar-refractivity contribution in [2.45, 2.75) is 25.8 Å². The zero-order valence-corrected chi connectivity index (χ0v) is 8.16. The van der Waals surface area contributed by atoms with Crippen LogP contribution in [0.25, 0.3) is 0 Å². The Bertz CT molecular complexity index is 191. The molecule has 74 valence electrons. The van der Waals surface area contributed by atoms with Crippen LogP contribution >= 0.6 is 0 Å². The van der Waals surface area contributed by atoms with E-state index in [2.05, 4.69) is 11.5 Å². The summed E-state index contributed by atoms with van der Waals surface area (Å²) in [5.74, 6) is -0.0816. The molecule has 0 aromatic rings. The van der Waals surface area contributed by atoms with Crippen molar-refractivity contribution in [3.8, 4) is 0 Å². The summed E-state index contributed by atoms with van der Waals surface area (Å²) in [7, 11) is 0. The lowest BCUT2D eigenvalue weighted by molar-refractivity contribution is -0.148. The van der Waals surface area contributed by atoms with E-state index in [-0.39, 0.29) is 12.0 Å². The minimum absolute atomic E-state index is 0.0297. The van der Waals surface area contributed by atoms with Crippen molar-refractivity contribution in [2.75, 3.05) is 19.7 Å². The molecule has 0 aromatic heterocycles. The van der Waals surface area contributed by atoms with Crippen molar-refractivity contribution in [3.63, 3.8) is 0 Å². The maximum atomic E-state index is 11.4. The van der Waals surface area contributed by atoms with Crippen LogP contribution in [-0.2, 0) is 9.53 Å². The van der Waals surface area contributed by atoms with Crippen molar-refractivity contribution in [1.29, 1.82) is 0 Å². The van der Waals surface area contributed by atoms with E-state index in [9.17, 15) is 4.79 Å². The van der Waals surface area contributed by atoms with Crippen LogP contribution in [0.2, 0.25) is 0 Å². The largest absolute Gasteiger partial charge is 0.465 e. The molecular formula is C10H17NO2. The number of ether oxygens (including phenoxy) is 1. The molecule has 3 nitrogen and oxygen atoms in total. The van der Waals surface area contributed by atoms with Gasteiger partial charge in [-0.1, -0.05) is 6.08 Å². The Hall–Kier alpha value is -0.830. The summed E-state index contributed by atoms with van der Waals surface area (Å²) < 4.78 is 4.99. The first-order valence-electron chi connectivity index (χ1n) is 4.81. The number of likely N-dealkylation sites (tertiary alicyclic amines) is 1. The van der Waals surface area contributed by atoms with Crippen LogP contribution in [0.4, 0.5) is 0 Å². The zero-order valence-electron chi connectivity index (χ0n) is 8.16. The molecule has 0 amide bonds. The van der Waals surface area contributed by atoms with Crippen LogP contribution in [0.15, 0.2) is 12.7 Å². The molecule has 0 spiro atoms. The summed E-state index contributed by atoms with van der Waals surface area (Å²) in [4.78, 5) is 13.5. The minimum atomic E-state index is -0.0816. The molecule has 0 radical (unpaired) electrons. The van der Waals surface area contributed by atoms with E-state index in [4.69, 9.17) is 4.74 Å². The lowest BCUT2D eigenvalue weighted by atomic mass is 10.2. The Kier molecular flexibility index (Phi) is 3.96. The van der Waals surface area contributed by atoms with Crippen molar-refractivity contribution >= 4 is 5.97 Å². The maximum Gasteiger partial charge on any atom is 0.323 e. The smallest absolute Gasteiger partial charge is 0.323 e. The van der Waals surface area contributed by atoms with E-state index in [1.165, 1.54) is 0 Å². The Balaban J connectivity index is 2.46. The van der Waals surface area contributed by atoms with Crippen LogP contribution in [0.5, 0.6) is 0 Å². The van der Waals surface area contributed by atoms with Gasteiger partial charge in [0.2, 0.25) is 0 Å². The molecule has 0 N–H and O–H groups in total. The molecule has 1 atom stereocenters. The van der Waals surface area contributed by atoms with Crippen LogP contribution in [0, 0.1) is 0 Å². The number of hydrogen-bond donors (Lipinski definition) is 0. The predicted molar refractivity (Wildman–Crippen MR) is 51.4 cm³/mol. The average molecular weight is 183 g/mol. The molecule has 1 fully saturated rings. The normalized spacial score (nSPS) is 23.0. The van der Waals surface area contributed by atoms with E-state index < -0.39 is 0 Å². The van der Waals surface area contributed by atoms with Gasteiger partial charge in [-0.05, 0) is 26.3 Å². The number of carbonyl (C=O) groups excluding carboxylic acids is 1. The van der Waals surface area contributed by atoms with Crippen molar-refractivity contribution in [1.82, 2.24) is 4.90 Å². The monoisotopic (exact) mass is 183 g/mol. The van der Waals surface area contributed by atoms with Gasteiger partial charge in [-0.15, -0.1) is 6.58 Å². The van der Waals surface area contributed by atoms with E-state index in [0.29, 0.717) is 6.61 Å². The second-order valence-electron chi connectivity index (χ2n) is 3.19. The fraction of sp³-hybridized carbons (Fsp3) is 0.700. The zero-order chi connectivity index (χ0) is 9.68. The van der Waals surface area contributed by atoms with Gasteiger partial charge in [0.1, 0.15) is 6.04 Å². The van der Waals surface area contributed by atoms with Gasteiger partial charge >= 0.3 is 5.97 Å². The van der Waals surface area contributed by atoms with E-state index in [0.717, 1.165) is 25.9 Å². The molecular weight excluding hydrogens is 166 g/mol. The molecule has 3 heteroatoms. The van der Waals surface area contributed by atoms with Crippen LogP contribution in [0.1, 0.15) is 19.8 Å². The summed E-state index contributed by atoms with van der Waals surface area (Å²) in [5, 5.41) is 0. The second-order valence-corrected chi connectivity index (χ2v) is 3.19. The van der Waals surface area contributed by atoms with Crippen molar-refractivity contribution in [3.05, 3.63) is 12.7 Å². The van der Waals surface area contributed by atoms with Gasteiger partial charge in [0.05, 0.1) is 6.61 Å². The Morgan fingerprint density at radius 2 is 2.54 bits per heavy atom. The topological polar surface area (TPSA) is 29.5 Å². The van der Waals surface area contributed by atoms with Crippen molar-refractivity contribution < 1.29 is 9.53 Å². The summed E-state index contributed by atoms with van der Waals surface area (Å²) >= 11 is 0. The lowest BCUT2D eigenvalue weighted by Gasteiger charge is -2.20. The molecule has 0 bridgehead atoms. The summed E-state index contributed by atoms with van der Waals surface area (Å²) in [5.41, 5.74) is 0. The third kappa shape index (κ3) is 2.56. The molecule has 0 aliphatic carbocycles. The van der Waals surface area contributed by atoms with Gasteiger partial charge in [0, 0.05) is 6.54 Å². The highest BCUT2D eigenvalue weighted by Crippen LogP contribution is 2.17. The molecule has 1 aliphatic heterocycles. The first-order chi connectivity index (χ1) is 6.29. The molecule has 1 aliphatic rings. The number of rotatable bonds is 4. The highest BCUT2D eigenvalue weighted by molar-refractivity contribution is 5.76. The number of nitrogens with zero attached hydrogens (tertiary/aromatic N) is 1. The molecule has 1 saturated heterocycles. The third-order valence-electron chi connectivity index (χ3n) is 2.29. The van der Waals surface area contributed by atoms with Crippen molar-refractivity contribution in [2.24, 2.45) is 0 Å². The predicted octanol–water partition coefficient (Wildman–Crippen LogP) is 1.20. The van der Waals surface area contributed by atoms with Gasteiger partial charge in [-0.2, -0.15) is 0 Å². The van der Waals surface area contributed by atoms with Gasteiger partial charge < -0.3 is 4.74 Å². The average Bonchev–Trinajstić information content (AvgIpc) is 2.54.